The van der Waals surface area contributed by atoms with Gasteiger partial charge < -0.3 is 24.6 Å². The number of nitrogens with zero attached hydrogens (tertiary/aromatic N) is 2. The molecule has 0 bridgehead atoms. The summed E-state index contributed by atoms with van der Waals surface area (Å²) in [4.78, 5) is 29.1. The maximum absolute atomic E-state index is 12.9. The minimum Gasteiger partial charge on any atom is -0.490 e. The van der Waals surface area contributed by atoms with Crippen molar-refractivity contribution in [3.05, 3.63) is 53.6 Å². The number of aryl methyl sites for hydroxylation is 1. The van der Waals surface area contributed by atoms with Crippen LogP contribution in [-0.2, 0) is 4.74 Å². The predicted octanol–water partition coefficient (Wildman–Crippen LogP) is 5.09. The molecule has 1 N–H and O–H groups in total. The van der Waals surface area contributed by atoms with Gasteiger partial charge in [-0.05, 0) is 83.5 Å². The second-order valence-corrected chi connectivity index (χ2v) is 9.62. The molecular weight excluding hydrogens is 418 g/mol. The molecule has 2 aromatic carbocycles. The molecule has 1 saturated heterocycles. The van der Waals surface area contributed by atoms with Gasteiger partial charge in [0.1, 0.15) is 11.4 Å². The van der Waals surface area contributed by atoms with Gasteiger partial charge in [0.2, 0.25) is 0 Å². The fourth-order valence-corrected chi connectivity index (χ4v) is 3.60. The largest absolute Gasteiger partial charge is 0.490 e. The van der Waals surface area contributed by atoms with Gasteiger partial charge >= 0.3 is 6.09 Å². The summed E-state index contributed by atoms with van der Waals surface area (Å²) in [5.74, 6) is 0.381. The van der Waals surface area contributed by atoms with E-state index in [9.17, 15) is 9.59 Å². The van der Waals surface area contributed by atoms with Crippen LogP contribution in [0.2, 0.25) is 0 Å². The average molecular weight is 454 g/mol. The van der Waals surface area contributed by atoms with Crippen molar-refractivity contribution in [2.45, 2.75) is 53.2 Å². The number of carbonyl (C=O) groups is 2. The predicted molar refractivity (Wildman–Crippen MR) is 131 cm³/mol. The van der Waals surface area contributed by atoms with E-state index in [0.717, 1.165) is 24.3 Å². The lowest BCUT2D eigenvalue weighted by atomic mass is 10.1. The molecule has 2 amide bonds. The number of anilines is 2. The molecule has 0 aliphatic carbocycles. The quantitative estimate of drug-likeness (QED) is 0.683. The van der Waals surface area contributed by atoms with Gasteiger partial charge in [-0.3, -0.25) is 4.79 Å². The van der Waals surface area contributed by atoms with Crippen LogP contribution >= 0.6 is 0 Å². The lowest BCUT2D eigenvalue weighted by Crippen LogP contribution is -2.50. The first-order chi connectivity index (χ1) is 15.5. The molecule has 1 heterocycles. The Hall–Kier alpha value is -3.22. The topological polar surface area (TPSA) is 71.1 Å². The summed E-state index contributed by atoms with van der Waals surface area (Å²) in [5.41, 5.74) is 2.83. The van der Waals surface area contributed by atoms with Crippen LogP contribution in [0.15, 0.2) is 42.5 Å². The van der Waals surface area contributed by atoms with Crippen molar-refractivity contribution in [2.24, 2.45) is 0 Å². The Bertz CT molecular complexity index is 972. The molecule has 178 valence electrons. The molecule has 33 heavy (non-hydrogen) atoms. The Labute approximate surface area is 196 Å². The first kappa shape index (κ1) is 24.4. The van der Waals surface area contributed by atoms with Crippen molar-refractivity contribution in [3.8, 4) is 5.75 Å². The molecule has 7 heteroatoms. The van der Waals surface area contributed by atoms with Gasteiger partial charge in [0.25, 0.3) is 5.91 Å². The van der Waals surface area contributed by atoms with Crippen LogP contribution in [0.1, 0.15) is 50.5 Å². The van der Waals surface area contributed by atoms with Gasteiger partial charge in [-0.1, -0.05) is 6.07 Å². The van der Waals surface area contributed by atoms with Crippen molar-refractivity contribution in [1.82, 2.24) is 4.90 Å². The van der Waals surface area contributed by atoms with Crippen molar-refractivity contribution >= 4 is 23.4 Å². The molecule has 1 aliphatic rings. The third kappa shape index (κ3) is 6.88. The lowest BCUT2D eigenvalue weighted by Gasteiger charge is -2.36. The van der Waals surface area contributed by atoms with Gasteiger partial charge in [-0.25, -0.2) is 4.79 Å². The molecule has 0 atom stereocenters. The molecule has 3 rings (SSSR count). The van der Waals surface area contributed by atoms with Crippen LogP contribution in [-0.4, -0.2) is 54.8 Å². The van der Waals surface area contributed by atoms with Gasteiger partial charge in [-0.15, -0.1) is 0 Å². The van der Waals surface area contributed by atoms with E-state index in [1.165, 1.54) is 0 Å². The highest BCUT2D eigenvalue weighted by molar-refractivity contribution is 6.06. The number of hydrogen-bond acceptors (Lipinski definition) is 5. The second-order valence-electron chi connectivity index (χ2n) is 9.62. The van der Waals surface area contributed by atoms with Crippen LogP contribution in [0.25, 0.3) is 0 Å². The van der Waals surface area contributed by atoms with Crippen LogP contribution in [0.3, 0.4) is 0 Å². The monoisotopic (exact) mass is 453 g/mol. The highest BCUT2D eigenvalue weighted by atomic mass is 16.6. The number of amides is 2. The first-order valence-electron chi connectivity index (χ1n) is 11.4. The van der Waals surface area contributed by atoms with Crippen molar-refractivity contribution in [3.63, 3.8) is 0 Å². The first-order valence-corrected chi connectivity index (χ1v) is 11.4. The van der Waals surface area contributed by atoms with E-state index in [-0.39, 0.29) is 18.1 Å². The zero-order chi connectivity index (χ0) is 24.2. The van der Waals surface area contributed by atoms with Crippen molar-refractivity contribution in [2.75, 3.05) is 36.4 Å². The summed E-state index contributed by atoms with van der Waals surface area (Å²) in [6.45, 7) is 14.1. The molecule has 1 fully saturated rings. The van der Waals surface area contributed by atoms with Gasteiger partial charge in [-0.2, -0.15) is 0 Å². The van der Waals surface area contributed by atoms with E-state index >= 15 is 0 Å². The number of carbonyl (C=O) groups excluding carboxylic acids is 2. The molecule has 0 saturated carbocycles. The summed E-state index contributed by atoms with van der Waals surface area (Å²) >= 11 is 0. The standard InChI is InChI=1S/C26H35N3O4/c1-18(2)32-23-17-19(3)7-12-22(23)24(30)27-20-8-10-21(11-9-20)28-13-15-29(16-14-28)25(31)33-26(4,5)6/h7-12,17-18H,13-16H2,1-6H3,(H,27,30). The highest BCUT2D eigenvalue weighted by Crippen LogP contribution is 2.25. The molecule has 0 radical (unpaired) electrons. The molecule has 2 aromatic rings. The molecular formula is C26H35N3O4. The Morgan fingerprint density at radius 2 is 1.61 bits per heavy atom. The summed E-state index contributed by atoms with van der Waals surface area (Å²) in [6.07, 6.45) is -0.287. The van der Waals surface area contributed by atoms with Gasteiger partial charge in [0.15, 0.2) is 0 Å². The highest BCUT2D eigenvalue weighted by Gasteiger charge is 2.26. The molecule has 0 spiro atoms. The maximum atomic E-state index is 12.9. The molecule has 0 unspecified atom stereocenters. The average Bonchev–Trinajstić information content (AvgIpc) is 2.73. The summed E-state index contributed by atoms with van der Waals surface area (Å²) in [6, 6.07) is 13.3. The van der Waals surface area contributed by atoms with Crippen molar-refractivity contribution < 1.29 is 19.1 Å². The van der Waals surface area contributed by atoms with E-state index in [4.69, 9.17) is 9.47 Å². The van der Waals surface area contributed by atoms with Crippen LogP contribution in [0.5, 0.6) is 5.75 Å². The smallest absolute Gasteiger partial charge is 0.410 e. The van der Waals surface area contributed by atoms with E-state index in [1.54, 1.807) is 11.0 Å². The van der Waals surface area contributed by atoms with Crippen LogP contribution < -0.4 is 15.0 Å². The minimum absolute atomic E-state index is 0.0200. The van der Waals surface area contributed by atoms with E-state index < -0.39 is 5.60 Å². The third-order valence-electron chi connectivity index (χ3n) is 5.17. The van der Waals surface area contributed by atoms with E-state index in [0.29, 0.717) is 30.1 Å². The number of ether oxygens (including phenoxy) is 2. The number of rotatable bonds is 5. The number of piperazine rings is 1. The Morgan fingerprint density at radius 1 is 0.970 bits per heavy atom. The minimum atomic E-state index is -0.491. The maximum Gasteiger partial charge on any atom is 0.410 e. The second kappa shape index (κ2) is 10.1. The fraction of sp³-hybridized carbons (Fsp3) is 0.462. The van der Waals surface area contributed by atoms with Crippen molar-refractivity contribution in [1.29, 1.82) is 0 Å². The summed E-state index contributed by atoms with van der Waals surface area (Å²) in [7, 11) is 0. The fourth-order valence-electron chi connectivity index (χ4n) is 3.60. The molecule has 7 nitrogen and oxygen atoms in total. The third-order valence-corrected chi connectivity index (χ3v) is 5.17. The SMILES string of the molecule is Cc1ccc(C(=O)Nc2ccc(N3CCN(C(=O)OC(C)(C)C)CC3)cc2)c(OC(C)C)c1. The number of benzene rings is 2. The van der Waals surface area contributed by atoms with E-state index in [1.807, 2.05) is 77.9 Å². The normalized spacial score (nSPS) is 14.3. The molecule has 1 aliphatic heterocycles. The Kier molecular flexibility index (Phi) is 7.51. The molecule has 0 aromatic heterocycles. The van der Waals surface area contributed by atoms with Gasteiger partial charge in [0.05, 0.1) is 11.7 Å². The number of nitrogens with one attached hydrogen (secondary N) is 1. The number of hydrogen-bond donors (Lipinski definition) is 1. The Balaban J connectivity index is 1.59. The Morgan fingerprint density at radius 3 is 2.18 bits per heavy atom. The van der Waals surface area contributed by atoms with Gasteiger partial charge in [0, 0.05) is 37.6 Å². The summed E-state index contributed by atoms with van der Waals surface area (Å²) < 4.78 is 11.3. The van der Waals surface area contributed by atoms with Crippen LogP contribution in [0.4, 0.5) is 16.2 Å². The van der Waals surface area contributed by atoms with E-state index in [2.05, 4.69) is 10.2 Å². The zero-order valence-electron chi connectivity index (χ0n) is 20.5. The summed E-state index contributed by atoms with van der Waals surface area (Å²) in [5, 5.41) is 2.96. The zero-order valence-corrected chi connectivity index (χ0v) is 20.5. The van der Waals surface area contributed by atoms with Crippen LogP contribution in [0, 0.1) is 6.92 Å². The lowest BCUT2D eigenvalue weighted by molar-refractivity contribution is 0.0240.